The zero-order valence-corrected chi connectivity index (χ0v) is 18.2. The van der Waals surface area contributed by atoms with Gasteiger partial charge < -0.3 is 10.2 Å². The van der Waals surface area contributed by atoms with E-state index in [0.717, 1.165) is 29.8 Å². The van der Waals surface area contributed by atoms with E-state index in [9.17, 15) is 13.6 Å². The lowest BCUT2D eigenvalue weighted by molar-refractivity contribution is 0.0712. The topological polar surface area (TPSA) is 58.1 Å². The summed E-state index contributed by atoms with van der Waals surface area (Å²) in [6, 6.07) is 11.2. The van der Waals surface area contributed by atoms with Gasteiger partial charge in [-0.05, 0) is 61.7 Å². The molecule has 1 aliphatic heterocycles. The summed E-state index contributed by atoms with van der Waals surface area (Å²) in [5.41, 5.74) is 3.27. The van der Waals surface area contributed by atoms with Crippen molar-refractivity contribution in [2.24, 2.45) is 0 Å². The number of amides is 1. The maximum absolute atomic E-state index is 14.1. The number of likely N-dealkylation sites (tertiary alicyclic amines) is 1. The number of carbonyl (C=O) groups is 1. The van der Waals surface area contributed by atoms with Gasteiger partial charge in [0.15, 0.2) is 0 Å². The van der Waals surface area contributed by atoms with E-state index in [-0.39, 0.29) is 23.8 Å². The van der Waals surface area contributed by atoms with Crippen LogP contribution in [0.4, 0.5) is 14.6 Å². The van der Waals surface area contributed by atoms with Crippen molar-refractivity contribution in [2.75, 3.05) is 25.5 Å². The summed E-state index contributed by atoms with van der Waals surface area (Å²) >= 11 is 0. The predicted molar refractivity (Wildman–Crippen MR) is 120 cm³/mol. The van der Waals surface area contributed by atoms with Gasteiger partial charge in [0.1, 0.15) is 17.5 Å². The highest BCUT2D eigenvalue weighted by molar-refractivity contribution is 5.94. The van der Waals surface area contributed by atoms with Crippen molar-refractivity contribution in [3.8, 4) is 0 Å². The third kappa shape index (κ3) is 4.77. The average molecular weight is 437 g/mol. The molecule has 0 unspecified atom stereocenters. The summed E-state index contributed by atoms with van der Waals surface area (Å²) in [6.45, 7) is 3.16. The number of carbonyl (C=O) groups excluding carboxylic acids is 1. The van der Waals surface area contributed by atoms with Crippen molar-refractivity contribution in [3.63, 3.8) is 0 Å². The van der Waals surface area contributed by atoms with Crippen LogP contribution in [0.15, 0.2) is 48.7 Å². The first-order chi connectivity index (χ1) is 15.4. The molecule has 4 rings (SSSR count). The van der Waals surface area contributed by atoms with Crippen LogP contribution in [0.2, 0.25) is 0 Å². The van der Waals surface area contributed by atoms with E-state index in [4.69, 9.17) is 0 Å². The van der Waals surface area contributed by atoms with Crippen molar-refractivity contribution in [3.05, 3.63) is 88.4 Å². The zero-order valence-electron chi connectivity index (χ0n) is 18.2. The second-order valence-electron chi connectivity index (χ2n) is 8.16. The van der Waals surface area contributed by atoms with E-state index in [0.29, 0.717) is 24.5 Å². The molecule has 0 saturated carbocycles. The van der Waals surface area contributed by atoms with Crippen molar-refractivity contribution < 1.29 is 13.6 Å². The van der Waals surface area contributed by atoms with Crippen LogP contribution in [-0.2, 0) is 6.42 Å². The monoisotopic (exact) mass is 436 g/mol. The Balaban J connectivity index is 1.46. The van der Waals surface area contributed by atoms with Crippen LogP contribution >= 0.6 is 0 Å². The van der Waals surface area contributed by atoms with Crippen LogP contribution in [0.25, 0.3) is 0 Å². The number of pyridine rings is 2. The summed E-state index contributed by atoms with van der Waals surface area (Å²) in [4.78, 5) is 23.6. The lowest BCUT2D eigenvalue weighted by Crippen LogP contribution is -2.38. The maximum Gasteiger partial charge on any atom is 0.254 e. The van der Waals surface area contributed by atoms with E-state index >= 15 is 0 Å². The number of anilines is 1. The minimum absolute atomic E-state index is 0.00438. The number of benzene rings is 1. The third-order valence-corrected chi connectivity index (χ3v) is 5.94. The van der Waals surface area contributed by atoms with Crippen LogP contribution in [0.3, 0.4) is 0 Å². The molecule has 7 heteroatoms. The molecule has 3 aromatic rings. The standard InChI is InChI=1S/C25H26F2N4O/c1-16-12-17(13-20-21(26)4-3-5-22(20)27)14-23(30-16)18-7-10-31(11-8-18)25(32)19-6-9-29-24(15-19)28-2/h3-6,9,12,14-15,18H,7-8,10-11,13H2,1-2H3,(H,28,29). The fourth-order valence-corrected chi connectivity index (χ4v) is 4.25. The quantitative estimate of drug-likeness (QED) is 0.629. The third-order valence-electron chi connectivity index (χ3n) is 5.94. The molecule has 1 N–H and O–H groups in total. The number of hydrogen-bond acceptors (Lipinski definition) is 4. The first-order valence-electron chi connectivity index (χ1n) is 10.8. The average Bonchev–Trinajstić information content (AvgIpc) is 2.81. The highest BCUT2D eigenvalue weighted by atomic mass is 19.1. The summed E-state index contributed by atoms with van der Waals surface area (Å²) in [5, 5.41) is 2.95. The van der Waals surface area contributed by atoms with Gasteiger partial charge in [0.05, 0.1) is 0 Å². The van der Waals surface area contributed by atoms with Gasteiger partial charge in [-0.1, -0.05) is 6.07 Å². The van der Waals surface area contributed by atoms with E-state index < -0.39 is 11.6 Å². The number of nitrogens with zero attached hydrogens (tertiary/aromatic N) is 3. The maximum atomic E-state index is 14.1. The Morgan fingerprint density at radius 2 is 1.84 bits per heavy atom. The minimum atomic E-state index is -0.537. The van der Waals surface area contributed by atoms with E-state index in [1.165, 1.54) is 18.2 Å². The number of halogens is 2. The van der Waals surface area contributed by atoms with E-state index in [1.54, 1.807) is 25.4 Å². The molecule has 32 heavy (non-hydrogen) atoms. The summed E-state index contributed by atoms with van der Waals surface area (Å²) < 4.78 is 28.2. The van der Waals surface area contributed by atoms with Crippen LogP contribution in [-0.4, -0.2) is 40.9 Å². The van der Waals surface area contributed by atoms with Crippen molar-refractivity contribution in [1.82, 2.24) is 14.9 Å². The molecular weight excluding hydrogens is 410 g/mol. The molecule has 1 amide bonds. The molecule has 1 aromatic carbocycles. The molecule has 0 atom stereocenters. The Labute approximate surface area is 186 Å². The number of hydrogen-bond donors (Lipinski definition) is 1. The first kappa shape index (κ1) is 21.9. The molecule has 1 saturated heterocycles. The molecule has 3 heterocycles. The van der Waals surface area contributed by atoms with Crippen molar-refractivity contribution in [2.45, 2.75) is 32.1 Å². The van der Waals surface area contributed by atoms with Gasteiger partial charge in [-0.15, -0.1) is 0 Å². The van der Waals surface area contributed by atoms with Crippen molar-refractivity contribution in [1.29, 1.82) is 0 Å². The molecule has 2 aromatic heterocycles. The lowest BCUT2D eigenvalue weighted by Gasteiger charge is -2.32. The molecule has 1 aliphatic rings. The van der Waals surface area contributed by atoms with Gasteiger partial charge in [-0.3, -0.25) is 9.78 Å². The summed E-state index contributed by atoms with van der Waals surface area (Å²) in [7, 11) is 1.77. The van der Waals surface area contributed by atoms with Gasteiger partial charge >= 0.3 is 0 Å². The summed E-state index contributed by atoms with van der Waals surface area (Å²) in [5.74, 6) is -0.215. The molecule has 0 aliphatic carbocycles. The van der Waals surface area contributed by atoms with Crippen LogP contribution in [0, 0.1) is 18.6 Å². The Hall–Kier alpha value is -3.35. The lowest BCUT2D eigenvalue weighted by atomic mass is 9.91. The van der Waals surface area contributed by atoms with Gasteiger partial charge in [0, 0.05) is 61.2 Å². The normalized spacial score (nSPS) is 14.4. The van der Waals surface area contributed by atoms with Gasteiger partial charge in [0.2, 0.25) is 0 Å². The molecule has 0 bridgehead atoms. The molecular formula is C25H26F2N4O. The fraction of sp³-hybridized carbons (Fsp3) is 0.320. The molecule has 5 nitrogen and oxygen atoms in total. The highest BCUT2D eigenvalue weighted by Gasteiger charge is 2.26. The second kappa shape index (κ2) is 9.42. The number of nitrogens with one attached hydrogen (secondary N) is 1. The SMILES string of the molecule is CNc1cc(C(=O)N2CCC(c3cc(Cc4c(F)cccc4F)cc(C)n3)CC2)ccn1. The minimum Gasteiger partial charge on any atom is -0.373 e. The number of piperidine rings is 1. The predicted octanol–water partition coefficient (Wildman–Crippen LogP) is 4.72. The molecule has 1 fully saturated rings. The van der Waals surface area contributed by atoms with Crippen LogP contribution in [0.1, 0.15) is 51.6 Å². The van der Waals surface area contributed by atoms with Gasteiger partial charge in [-0.2, -0.15) is 0 Å². The van der Waals surface area contributed by atoms with Gasteiger partial charge in [-0.25, -0.2) is 13.8 Å². The van der Waals surface area contributed by atoms with E-state index in [2.05, 4.69) is 15.3 Å². The molecule has 0 radical (unpaired) electrons. The largest absolute Gasteiger partial charge is 0.373 e. The Morgan fingerprint density at radius 3 is 2.53 bits per heavy atom. The van der Waals surface area contributed by atoms with Crippen molar-refractivity contribution >= 4 is 11.7 Å². The Morgan fingerprint density at radius 1 is 1.12 bits per heavy atom. The molecule has 166 valence electrons. The van der Waals surface area contributed by atoms with Crippen LogP contribution < -0.4 is 5.32 Å². The fourth-order valence-electron chi connectivity index (χ4n) is 4.25. The smallest absolute Gasteiger partial charge is 0.254 e. The molecule has 0 spiro atoms. The number of rotatable bonds is 5. The van der Waals surface area contributed by atoms with Gasteiger partial charge in [0.25, 0.3) is 5.91 Å². The highest BCUT2D eigenvalue weighted by Crippen LogP contribution is 2.29. The zero-order chi connectivity index (χ0) is 22.7. The van der Waals surface area contributed by atoms with E-state index in [1.807, 2.05) is 24.0 Å². The number of aryl methyl sites for hydroxylation is 1. The summed E-state index contributed by atoms with van der Waals surface area (Å²) in [6.07, 6.45) is 3.39. The second-order valence-corrected chi connectivity index (χ2v) is 8.16. The van der Waals surface area contributed by atoms with Crippen LogP contribution in [0.5, 0.6) is 0 Å². The number of aromatic nitrogens is 2. The first-order valence-corrected chi connectivity index (χ1v) is 10.8. The Bertz CT molecular complexity index is 1110. The Kier molecular flexibility index (Phi) is 6.44.